The van der Waals surface area contributed by atoms with Crippen molar-refractivity contribution < 1.29 is 9.59 Å². The Morgan fingerprint density at radius 3 is 2.52 bits per heavy atom. The summed E-state index contributed by atoms with van der Waals surface area (Å²) in [6.07, 6.45) is 1.42. The van der Waals surface area contributed by atoms with Gasteiger partial charge in [-0.3, -0.25) is 9.59 Å². The van der Waals surface area contributed by atoms with Crippen LogP contribution in [0.15, 0.2) is 48.5 Å². The maximum Gasteiger partial charge on any atom is 0.242 e. The number of halogens is 1. The number of amides is 2. The first kappa shape index (κ1) is 21.0. The molecule has 0 unspecified atom stereocenters. The zero-order chi connectivity index (χ0) is 19.8. The van der Waals surface area contributed by atoms with Crippen molar-refractivity contribution in [2.45, 2.75) is 45.7 Å². The summed E-state index contributed by atoms with van der Waals surface area (Å²) in [4.78, 5) is 27.1. The Morgan fingerprint density at radius 2 is 1.89 bits per heavy atom. The number of benzene rings is 2. The molecule has 1 atom stereocenters. The van der Waals surface area contributed by atoms with Gasteiger partial charge in [-0.15, -0.1) is 0 Å². The molecule has 0 aliphatic heterocycles. The minimum absolute atomic E-state index is 0.0492. The van der Waals surface area contributed by atoms with Crippen molar-refractivity contribution in [1.82, 2.24) is 10.2 Å². The van der Waals surface area contributed by atoms with Crippen LogP contribution >= 0.6 is 11.6 Å². The highest BCUT2D eigenvalue weighted by molar-refractivity contribution is 6.31. The van der Waals surface area contributed by atoms with Crippen LogP contribution in [0.5, 0.6) is 0 Å². The highest BCUT2D eigenvalue weighted by atomic mass is 35.5. The van der Waals surface area contributed by atoms with Gasteiger partial charge in [0.05, 0.1) is 0 Å². The first-order valence-corrected chi connectivity index (χ1v) is 9.64. The molecular weight excluding hydrogens is 360 g/mol. The number of carbonyl (C=O) groups is 2. The van der Waals surface area contributed by atoms with Gasteiger partial charge in [0.25, 0.3) is 0 Å². The Labute approximate surface area is 166 Å². The van der Waals surface area contributed by atoms with E-state index in [0.717, 1.165) is 16.7 Å². The number of nitrogens with one attached hydrogen (secondary N) is 1. The van der Waals surface area contributed by atoms with E-state index in [0.29, 0.717) is 30.8 Å². The molecule has 0 aliphatic carbocycles. The normalized spacial score (nSPS) is 11.7. The molecule has 0 aromatic heterocycles. The van der Waals surface area contributed by atoms with Crippen LogP contribution in [0, 0.1) is 6.92 Å². The Hall–Kier alpha value is -2.33. The highest BCUT2D eigenvalue weighted by Gasteiger charge is 2.27. The molecule has 0 radical (unpaired) electrons. The molecule has 5 heteroatoms. The van der Waals surface area contributed by atoms with E-state index < -0.39 is 6.04 Å². The third-order valence-corrected chi connectivity index (χ3v) is 5.00. The fraction of sp³-hybridized carbons (Fsp3) is 0.364. The van der Waals surface area contributed by atoms with Crippen LogP contribution in [0.2, 0.25) is 5.02 Å². The lowest BCUT2D eigenvalue weighted by Gasteiger charge is -2.30. The van der Waals surface area contributed by atoms with Gasteiger partial charge in [0.2, 0.25) is 11.8 Å². The molecule has 1 N–H and O–H groups in total. The van der Waals surface area contributed by atoms with E-state index in [2.05, 4.69) is 5.32 Å². The number of rotatable bonds is 8. The lowest BCUT2D eigenvalue weighted by atomic mass is 10.1. The molecule has 0 spiro atoms. The average Bonchev–Trinajstić information content (AvgIpc) is 2.66. The van der Waals surface area contributed by atoms with Crippen molar-refractivity contribution in [2.75, 3.05) is 7.05 Å². The van der Waals surface area contributed by atoms with E-state index in [-0.39, 0.29) is 11.8 Å². The number of likely N-dealkylation sites (N-methyl/N-ethyl adjacent to an activating group) is 1. The van der Waals surface area contributed by atoms with Crippen LogP contribution < -0.4 is 5.32 Å². The van der Waals surface area contributed by atoms with Crippen LogP contribution in [-0.2, 0) is 22.6 Å². The van der Waals surface area contributed by atoms with Crippen molar-refractivity contribution in [3.63, 3.8) is 0 Å². The van der Waals surface area contributed by atoms with Gasteiger partial charge < -0.3 is 10.2 Å². The Bertz CT molecular complexity index is 791. The zero-order valence-electron chi connectivity index (χ0n) is 16.2. The van der Waals surface area contributed by atoms with E-state index in [1.165, 1.54) is 0 Å². The average molecular weight is 387 g/mol. The molecule has 144 valence electrons. The lowest BCUT2D eigenvalue weighted by molar-refractivity contribution is -0.141. The van der Waals surface area contributed by atoms with Gasteiger partial charge in [0.1, 0.15) is 6.04 Å². The quantitative estimate of drug-likeness (QED) is 0.741. The molecule has 0 fully saturated rings. The molecule has 0 saturated heterocycles. The summed E-state index contributed by atoms with van der Waals surface area (Å²) in [6.45, 7) is 4.35. The van der Waals surface area contributed by atoms with Crippen molar-refractivity contribution in [3.8, 4) is 0 Å². The molecule has 2 aromatic rings. The SMILES string of the molecule is CC[C@H](C(=O)NC)N(Cc1cccc(C)c1)C(=O)CCc1ccccc1Cl. The monoisotopic (exact) mass is 386 g/mol. The predicted octanol–water partition coefficient (Wildman–Crippen LogP) is 4.13. The third-order valence-electron chi connectivity index (χ3n) is 4.63. The number of aryl methyl sites for hydroxylation is 2. The second-order valence-corrected chi connectivity index (χ2v) is 7.05. The van der Waals surface area contributed by atoms with Crippen LogP contribution in [-0.4, -0.2) is 29.8 Å². The number of hydrogen-bond donors (Lipinski definition) is 1. The molecular formula is C22H27ClN2O2. The van der Waals surface area contributed by atoms with Gasteiger partial charge in [-0.25, -0.2) is 0 Å². The maximum absolute atomic E-state index is 13.0. The fourth-order valence-corrected chi connectivity index (χ4v) is 3.41. The van der Waals surface area contributed by atoms with E-state index in [1.54, 1.807) is 11.9 Å². The molecule has 0 bridgehead atoms. The molecule has 4 nitrogen and oxygen atoms in total. The van der Waals surface area contributed by atoms with Gasteiger partial charge >= 0.3 is 0 Å². The predicted molar refractivity (Wildman–Crippen MR) is 110 cm³/mol. The van der Waals surface area contributed by atoms with E-state index in [9.17, 15) is 9.59 Å². The fourth-order valence-electron chi connectivity index (χ4n) is 3.18. The Morgan fingerprint density at radius 1 is 1.15 bits per heavy atom. The molecule has 0 aliphatic rings. The summed E-state index contributed by atoms with van der Waals surface area (Å²) in [6, 6.07) is 15.1. The summed E-state index contributed by atoms with van der Waals surface area (Å²) in [5.74, 6) is -0.192. The smallest absolute Gasteiger partial charge is 0.242 e. The lowest BCUT2D eigenvalue weighted by Crippen LogP contribution is -2.48. The summed E-state index contributed by atoms with van der Waals surface area (Å²) >= 11 is 6.21. The summed E-state index contributed by atoms with van der Waals surface area (Å²) in [5, 5.41) is 3.34. The van der Waals surface area contributed by atoms with Crippen LogP contribution in [0.3, 0.4) is 0 Å². The van der Waals surface area contributed by atoms with Gasteiger partial charge in [0, 0.05) is 25.0 Å². The number of nitrogens with zero attached hydrogens (tertiary/aromatic N) is 1. The van der Waals surface area contributed by atoms with Gasteiger partial charge in [-0.2, -0.15) is 0 Å². The summed E-state index contributed by atoms with van der Waals surface area (Å²) < 4.78 is 0. The summed E-state index contributed by atoms with van der Waals surface area (Å²) in [5.41, 5.74) is 3.09. The minimum atomic E-state index is -0.491. The molecule has 27 heavy (non-hydrogen) atoms. The second-order valence-electron chi connectivity index (χ2n) is 6.64. The van der Waals surface area contributed by atoms with Crippen molar-refractivity contribution in [3.05, 3.63) is 70.2 Å². The van der Waals surface area contributed by atoms with E-state index >= 15 is 0 Å². The molecule has 0 saturated carbocycles. The van der Waals surface area contributed by atoms with Crippen LogP contribution in [0.1, 0.15) is 36.5 Å². The standard InChI is InChI=1S/C22H27ClN2O2/c1-4-20(22(27)24-3)25(15-17-9-7-8-16(2)14-17)21(26)13-12-18-10-5-6-11-19(18)23/h5-11,14,20H,4,12-13,15H2,1-3H3,(H,24,27)/t20-/m1/s1. The van der Waals surface area contributed by atoms with Gasteiger partial charge in [-0.1, -0.05) is 66.6 Å². The number of carbonyl (C=O) groups excluding carboxylic acids is 2. The number of hydrogen-bond acceptors (Lipinski definition) is 2. The minimum Gasteiger partial charge on any atom is -0.357 e. The van der Waals surface area contributed by atoms with Crippen molar-refractivity contribution in [1.29, 1.82) is 0 Å². The molecule has 2 amide bonds. The third kappa shape index (κ3) is 5.83. The van der Waals surface area contributed by atoms with Gasteiger partial charge in [0.15, 0.2) is 0 Å². The Kier molecular flexibility index (Phi) is 7.86. The van der Waals surface area contributed by atoms with Crippen molar-refractivity contribution in [2.24, 2.45) is 0 Å². The topological polar surface area (TPSA) is 49.4 Å². The zero-order valence-corrected chi connectivity index (χ0v) is 16.9. The van der Waals surface area contributed by atoms with E-state index in [1.807, 2.05) is 62.4 Å². The maximum atomic E-state index is 13.0. The molecule has 2 aromatic carbocycles. The van der Waals surface area contributed by atoms with E-state index in [4.69, 9.17) is 11.6 Å². The van der Waals surface area contributed by atoms with Crippen molar-refractivity contribution >= 4 is 23.4 Å². The first-order chi connectivity index (χ1) is 13.0. The van der Waals surface area contributed by atoms with Crippen LogP contribution in [0.25, 0.3) is 0 Å². The molecule has 0 heterocycles. The van der Waals surface area contributed by atoms with Gasteiger partial charge in [-0.05, 0) is 37.0 Å². The largest absolute Gasteiger partial charge is 0.357 e. The second kappa shape index (κ2) is 10.1. The van der Waals surface area contributed by atoms with Crippen LogP contribution in [0.4, 0.5) is 0 Å². The first-order valence-electron chi connectivity index (χ1n) is 9.26. The Balaban J connectivity index is 2.20. The highest BCUT2D eigenvalue weighted by Crippen LogP contribution is 2.19. The summed E-state index contributed by atoms with van der Waals surface area (Å²) in [7, 11) is 1.60. The molecule has 2 rings (SSSR count).